The van der Waals surface area contributed by atoms with Crippen LogP contribution in [-0.4, -0.2) is 57.1 Å². The smallest absolute Gasteiger partial charge is 0.336 e. The standard InChI is InChI=1S/C26H30N2O5/c1-18-16-24(30)33-26-22(18)8-9-23(25(26)19(2)29)32-15-5-10-27-11-13-28(14-12-27)20-6-4-7-21(17-20)31-3/h4,6-9,16-17H,5,10-15H2,1-3H3. The summed E-state index contributed by atoms with van der Waals surface area (Å²) in [7, 11) is 1.69. The summed E-state index contributed by atoms with van der Waals surface area (Å²) in [6, 6.07) is 13.2. The van der Waals surface area contributed by atoms with Crippen molar-refractivity contribution >= 4 is 22.4 Å². The molecular formula is C26H30N2O5. The second-order valence-corrected chi connectivity index (χ2v) is 8.35. The first kappa shape index (κ1) is 22.9. The molecule has 0 saturated carbocycles. The maximum absolute atomic E-state index is 12.3. The summed E-state index contributed by atoms with van der Waals surface area (Å²) in [5.74, 6) is 1.16. The lowest BCUT2D eigenvalue weighted by Gasteiger charge is -2.36. The molecular weight excluding hydrogens is 420 g/mol. The summed E-state index contributed by atoms with van der Waals surface area (Å²) in [6.45, 7) is 8.59. The van der Waals surface area contributed by atoms with Crippen molar-refractivity contribution in [2.24, 2.45) is 0 Å². The van der Waals surface area contributed by atoms with Gasteiger partial charge in [0, 0.05) is 55.9 Å². The number of methoxy groups -OCH3 is 1. The normalized spacial score (nSPS) is 14.5. The van der Waals surface area contributed by atoms with Crippen LogP contribution in [0.4, 0.5) is 5.69 Å². The molecule has 4 rings (SSSR count). The molecule has 2 heterocycles. The molecule has 0 aliphatic carbocycles. The predicted octanol–water partition coefficient (Wildman–Crippen LogP) is 3.90. The molecule has 0 N–H and O–H groups in total. The van der Waals surface area contributed by atoms with Gasteiger partial charge in [0.05, 0.1) is 13.7 Å². The predicted molar refractivity (Wildman–Crippen MR) is 129 cm³/mol. The third-order valence-electron chi connectivity index (χ3n) is 6.10. The van der Waals surface area contributed by atoms with Crippen molar-refractivity contribution in [2.45, 2.75) is 20.3 Å². The highest BCUT2D eigenvalue weighted by molar-refractivity contribution is 6.07. The van der Waals surface area contributed by atoms with Crippen LogP contribution in [0.5, 0.6) is 11.5 Å². The van der Waals surface area contributed by atoms with Crippen LogP contribution < -0.4 is 20.0 Å². The average Bonchev–Trinajstić information content (AvgIpc) is 2.81. The van der Waals surface area contributed by atoms with E-state index in [9.17, 15) is 9.59 Å². The SMILES string of the molecule is COc1cccc(N2CCN(CCCOc3ccc4c(C)cc(=O)oc4c3C(C)=O)CC2)c1. The number of aryl methyl sites for hydroxylation is 1. The molecule has 0 amide bonds. The van der Waals surface area contributed by atoms with Crippen molar-refractivity contribution in [1.29, 1.82) is 0 Å². The van der Waals surface area contributed by atoms with Crippen LogP contribution in [0.3, 0.4) is 0 Å². The summed E-state index contributed by atoms with van der Waals surface area (Å²) in [6.07, 6.45) is 0.840. The van der Waals surface area contributed by atoms with E-state index in [2.05, 4.69) is 21.9 Å². The molecule has 0 bridgehead atoms. The molecule has 1 aliphatic rings. The topological polar surface area (TPSA) is 72.2 Å². The van der Waals surface area contributed by atoms with E-state index in [-0.39, 0.29) is 5.78 Å². The maximum atomic E-state index is 12.3. The van der Waals surface area contributed by atoms with E-state index in [1.807, 2.05) is 25.1 Å². The zero-order valence-corrected chi connectivity index (χ0v) is 19.4. The molecule has 33 heavy (non-hydrogen) atoms. The van der Waals surface area contributed by atoms with Crippen LogP contribution in [0, 0.1) is 6.92 Å². The van der Waals surface area contributed by atoms with Crippen LogP contribution in [-0.2, 0) is 0 Å². The number of piperazine rings is 1. The fraction of sp³-hybridized carbons (Fsp3) is 0.385. The number of carbonyl (C=O) groups excluding carboxylic acids is 1. The number of nitrogens with zero attached hydrogens (tertiary/aromatic N) is 2. The van der Waals surface area contributed by atoms with Crippen molar-refractivity contribution in [3.63, 3.8) is 0 Å². The van der Waals surface area contributed by atoms with Gasteiger partial charge in [0.15, 0.2) is 11.4 Å². The lowest BCUT2D eigenvalue weighted by molar-refractivity contribution is 0.101. The largest absolute Gasteiger partial charge is 0.497 e. The number of carbonyl (C=O) groups is 1. The number of hydrogen-bond acceptors (Lipinski definition) is 7. The summed E-state index contributed by atoms with van der Waals surface area (Å²) >= 11 is 0. The van der Waals surface area contributed by atoms with Crippen molar-refractivity contribution < 1.29 is 18.7 Å². The molecule has 0 unspecified atom stereocenters. The van der Waals surface area contributed by atoms with Gasteiger partial charge in [0.2, 0.25) is 0 Å². The average molecular weight is 451 g/mol. The quantitative estimate of drug-likeness (QED) is 0.293. The van der Waals surface area contributed by atoms with Crippen LogP contribution in [0.1, 0.15) is 29.3 Å². The van der Waals surface area contributed by atoms with Crippen molar-refractivity contribution in [1.82, 2.24) is 4.90 Å². The molecule has 174 valence electrons. The molecule has 0 atom stereocenters. The Bertz CT molecular complexity index is 1190. The highest BCUT2D eigenvalue weighted by Gasteiger charge is 2.19. The first-order valence-corrected chi connectivity index (χ1v) is 11.3. The first-order chi connectivity index (χ1) is 16.0. The van der Waals surface area contributed by atoms with E-state index < -0.39 is 5.63 Å². The third-order valence-corrected chi connectivity index (χ3v) is 6.10. The number of anilines is 1. The van der Waals surface area contributed by atoms with Gasteiger partial charge in [-0.3, -0.25) is 9.69 Å². The van der Waals surface area contributed by atoms with Gasteiger partial charge in [-0.1, -0.05) is 6.07 Å². The number of benzene rings is 2. The van der Waals surface area contributed by atoms with E-state index in [0.29, 0.717) is 23.5 Å². The minimum Gasteiger partial charge on any atom is -0.497 e. The Morgan fingerprint density at radius 1 is 1.09 bits per heavy atom. The molecule has 7 heteroatoms. The van der Waals surface area contributed by atoms with E-state index >= 15 is 0 Å². The number of Topliss-reactive ketones (excluding diaryl/α,β-unsaturated/α-hetero) is 1. The van der Waals surface area contributed by atoms with Gasteiger partial charge in [-0.2, -0.15) is 0 Å². The third kappa shape index (κ3) is 5.20. The molecule has 1 aliphatic heterocycles. The van der Waals surface area contributed by atoms with Crippen molar-refractivity contribution in [3.8, 4) is 11.5 Å². The van der Waals surface area contributed by atoms with E-state index in [4.69, 9.17) is 13.9 Å². The van der Waals surface area contributed by atoms with Gasteiger partial charge < -0.3 is 18.8 Å². The number of fused-ring (bicyclic) bond motifs is 1. The van der Waals surface area contributed by atoms with Crippen LogP contribution in [0.25, 0.3) is 11.0 Å². The Balaban J connectivity index is 1.32. The number of rotatable bonds is 8. The number of hydrogen-bond donors (Lipinski definition) is 0. The minimum absolute atomic E-state index is 0.182. The molecule has 1 aromatic heterocycles. The fourth-order valence-electron chi connectivity index (χ4n) is 4.33. The van der Waals surface area contributed by atoms with Gasteiger partial charge in [0.1, 0.15) is 17.1 Å². The Morgan fingerprint density at radius 2 is 1.88 bits per heavy atom. The van der Waals surface area contributed by atoms with Crippen molar-refractivity contribution in [3.05, 3.63) is 64.0 Å². The Morgan fingerprint density at radius 3 is 2.61 bits per heavy atom. The minimum atomic E-state index is -0.465. The maximum Gasteiger partial charge on any atom is 0.336 e. The Hall–Kier alpha value is -3.32. The second-order valence-electron chi connectivity index (χ2n) is 8.35. The fourth-order valence-corrected chi connectivity index (χ4v) is 4.33. The molecule has 2 aromatic carbocycles. The van der Waals surface area contributed by atoms with Crippen molar-refractivity contribution in [2.75, 3.05) is 51.3 Å². The summed E-state index contributed by atoms with van der Waals surface area (Å²) < 4.78 is 16.7. The zero-order valence-electron chi connectivity index (χ0n) is 19.4. The first-order valence-electron chi connectivity index (χ1n) is 11.3. The van der Waals surface area contributed by atoms with E-state index in [1.54, 1.807) is 13.2 Å². The van der Waals surface area contributed by atoms with E-state index in [0.717, 1.165) is 55.8 Å². The van der Waals surface area contributed by atoms with Crippen LogP contribution in [0.2, 0.25) is 0 Å². The Kier molecular flexibility index (Phi) is 6.99. The number of ether oxygens (including phenoxy) is 2. The number of ketones is 1. The summed E-state index contributed by atoms with van der Waals surface area (Å²) in [5.41, 5.74) is 2.14. The molecule has 0 radical (unpaired) electrons. The van der Waals surface area contributed by atoms with Gasteiger partial charge in [-0.05, 0) is 50.1 Å². The highest BCUT2D eigenvalue weighted by Crippen LogP contribution is 2.29. The van der Waals surface area contributed by atoms with Gasteiger partial charge >= 0.3 is 5.63 Å². The van der Waals surface area contributed by atoms with Crippen LogP contribution in [0.15, 0.2) is 51.7 Å². The van der Waals surface area contributed by atoms with Crippen LogP contribution >= 0.6 is 0 Å². The van der Waals surface area contributed by atoms with Gasteiger partial charge in [0.25, 0.3) is 0 Å². The highest BCUT2D eigenvalue weighted by atomic mass is 16.5. The monoisotopic (exact) mass is 450 g/mol. The molecule has 7 nitrogen and oxygen atoms in total. The molecule has 1 saturated heterocycles. The zero-order chi connectivity index (χ0) is 23.4. The Labute approximate surface area is 193 Å². The van der Waals surface area contributed by atoms with Gasteiger partial charge in [-0.15, -0.1) is 0 Å². The summed E-state index contributed by atoms with van der Waals surface area (Å²) in [5, 5.41) is 0.751. The lowest BCUT2D eigenvalue weighted by Crippen LogP contribution is -2.46. The van der Waals surface area contributed by atoms with Gasteiger partial charge in [-0.25, -0.2) is 4.79 Å². The lowest BCUT2D eigenvalue weighted by atomic mass is 10.0. The molecule has 3 aromatic rings. The second kappa shape index (κ2) is 10.1. The molecule has 1 fully saturated rings. The van der Waals surface area contributed by atoms with E-state index in [1.165, 1.54) is 18.7 Å². The summed E-state index contributed by atoms with van der Waals surface area (Å²) in [4.78, 5) is 28.9. The molecule has 0 spiro atoms.